The van der Waals surface area contributed by atoms with Gasteiger partial charge in [0.05, 0.1) is 6.61 Å². The van der Waals surface area contributed by atoms with Crippen LogP contribution in [0, 0.1) is 6.92 Å². The number of hydrogen-bond donors (Lipinski definition) is 1. The number of aliphatic hydroxyl groups excluding tert-OH is 1. The van der Waals surface area contributed by atoms with Gasteiger partial charge in [-0.15, -0.1) is 0 Å². The molecule has 0 unspecified atom stereocenters. The second-order valence-electron chi connectivity index (χ2n) is 3.49. The number of benzene rings is 1. The molecule has 0 spiro atoms. The molecular formula is C12H11ClN2OS. The van der Waals surface area contributed by atoms with Crippen molar-refractivity contribution in [1.29, 1.82) is 0 Å². The zero-order valence-electron chi connectivity index (χ0n) is 9.22. The minimum absolute atomic E-state index is 0.0509. The predicted octanol–water partition coefficient (Wildman–Crippen LogP) is 3.08. The number of halogens is 1. The molecule has 2 rings (SSSR count). The van der Waals surface area contributed by atoms with Gasteiger partial charge >= 0.3 is 0 Å². The van der Waals surface area contributed by atoms with Crippen molar-refractivity contribution in [2.24, 2.45) is 0 Å². The molecule has 5 heteroatoms. The second kappa shape index (κ2) is 5.49. The average molecular weight is 267 g/mol. The SMILES string of the molecule is Cc1ccnc(Sc2ccc(CO)c(Cl)c2)n1. The molecule has 0 radical (unpaired) electrons. The van der Waals surface area contributed by atoms with Crippen LogP contribution in [0.15, 0.2) is 40.5 Å². The van der Waals surface area contributed by atoms with Crippen molar-refractivity contribution in [3.8, 4) is 0 Å². The lowest BCUT2D eigenvalue weighted by atomic mass is 10.2. The molecule has 0 saturated carbocycles. The lowest BCUT2D eigenvalue weighted by Gasteiger charge is -2.04. The molecule has 1 N–H and O–H groups in total. The van der Waals surface area contributed by atoms with E-state index in [4.69, 9.17) is 16.7 Å². The first-order chi connectivity index (χ1) is 8.19. The van der Waals surface area contributed by atoms with E-state index in [0.29, 0.717) is 10.2 Å². The van der Waals surface area contributed by atoms with Crippen molar-refractivity contribution >= 4 is 23.4 Å². The minimum atomic E-state index is -0.0509. The Bertz CT molecular complexity index is 534. The average Bonchev–Trinajstić information content (AvgIpc) is 2.29. The Labute approximate surface area is 109 Å². The molecule has 1 aromatic carbocycles. The molecule has 17 heavy (non-hydrogen) atoms. The summed E-state index contributed by atoms with van der Waals surface area (Å²) in [5.74, 6) is 0. The van der Waals surface area contributed by atoms with E-state index < -0.39 is 0 Å². The minimum Gasteiger partial charge on any atom is -0.392 e. The number of aromatic nitrogens is 2. The van der Waals surface area contributed by atoms with Gasteiger partial charge in [0.25, 0.3) is 0 Å². The summed E-state index contributed by atoms with van der Waals surface area (Å²) in [7, 11) is 0. The highest BCUT2D eigenvalue weighted by Gasteiger charge is 2.04. The lowest BCUT2D eigenvalue weighted by Crippen LogP contribution is -1.89. The molecule has 0 saturated heterocycles. The van der Waals surface area contributed by atoms with E-state index in [0.717, 1.165) is 16.2 Å². The van der Waals surface area contributed by atoms with Crippen molar-refractivity contribution < 1.29 is 5.11 Å². The van der Waals surface area contributed by atoms with Gasteiger partial charge in [-0.2, -0.15) is 0 Å². The molecule has 0 bridgehead atoms. The van der Waals surface area contributed by atoms with Crippen LogP contribution in [0.4, 0.5) is 0 Å². The van der Waals surface area contributed by atoms with Crippen LogP contribution >= 0.6 is 23.4 Å². The Hall–Kier alpha value is -1.10. The van der Waals surface area contributed by atoms with Crippen molar-refractivity contribution in [2.75, 3.05) is 0 Å². The van der Waals surface area contributed by atoms with Crippen LogP contribution in [-0.2, 0) is 6.61 Å². The van der Waals surface area contributed by atoms with Crippen LogP contribution < -0.4 is 0 Å². The third-order valence-corrected chi connectivity index (χ3v) is 3.40. The molecule has 1 heterocycles. The Kier molecular flexibility index (Phi) is 3.99. The van der Waals surface area contributed by atoms with Gasteiger partial charge in [0.15, 0.2) is 5.16 Å². The molecule has 0 aliphatic rings. The van der Waals surface area contributed by atoms with Crippen LogP contribution in [0.5, 0.6) is 0 Å². The highest BCUT2D eigenvalue weighted by Crippen LogP contribution is 2.28. The third kappa shape index (κ3) is 3.19. The van der Waals surface area contributed by atoms with Crippen LogP contribution in [0.3, 0.4) is 0 Å². The van der Waals surface area contributed by atoms with Gasteiger partial charge in [0, 0.05) is 21.8 Å². The molecule has 0 atom stereocenters. The third-order valence-electron chi connectivity index (χ3n) is 2.18. The molecule has 88 valence electrons. The van der Waals surface area contributed by atoms with Crippen LogP contribution in [-0.4, -0.2) is 15.1 Å². The van der Waals surface area contributed by atoms with E-state index in [1.165, 1.54) is 11.8 Å². The number of hydrogen-bond acceptors (Lipinski definition) is 4. The zero-order valence-corrected chi connectivity index (χ0v) is 10.8. The quantitative estimate of drug-likeness (QED) is 0.868. The van der Waals surface area contributed by atoms with E-state index in [2.05, 4.69) is 9.97 Å². The molecule has 2 aromatic rings. The fraction of sp³-hybridized carbons (Fsp3) is 0.167. The Morgan fingerprint density at radius 2 is 2.18 bits per heavy atom. The van der Waals surface area contributed by atoms with Gasteiger partial charge in [0.1, 0.15) is 0 Å². The van der Waals surface area contributed by atoms with E-state index in [-0.39, 0.29) is 6.61 Å². The summed E-state index contributed by atoms with van der Waals surface area (Å²) < 4.78 is 0. The van der Waals surface area contributed by atoms with Gasteiger partial charge in [-0.1, -0.05) is 17.7 Å². The summed E-state index contributed by atoms with van der Waals surface area (Å²) in [4.78, 5) is 9.42. The number of nitrogens with zero attached hydrogens (tertiary/aromatic N) is 2. The van der Waals surface area contributed by atoms with Crippen molar-refractivity contribution in [2.45, 2.75) is 23.6 Å². The molecule has 0 fully saturated rings. The smallest absolute Gasteiger partial charge is 0.192 e. The van der Waals surface area contributed by atoms with Crippen LogP contribution in [0.1, 0.15) is 11.3 Å². The summed E-state index contributed by atoms with van der Waals surface area (Å²) in [5, 5.41) is 10.3. The lowest BCUT2D eigenvalue weighted by molar-refractivity contribution is 0.282. The monoisotopic (exact) mass is 266 g/mol. The van der Waals surface area contributed by atoms with E-state index in [1.807, 2.05) is 25.1 Å². The van der Waals surface area contributed by atoms with E-state index in [1.54, 1.807) is 12.3 Å². The number of rotatable bonds is 3. The van der Waals surface area contributed by atoms with E-state index in [9.17, 15) is 0 Å². The molecule has 1 aromatic heterocycles. The van der Waals surface area contributed by atoms with Gasteiger partial charge < -0.3 is 5.11 Å². The molecule has 3 nitrogen and oxygen atoms in total. The Morgan fingerprint density at radius 1 is 1.35 bits per heavy atom. The summed E-state index contributed by atoms with van der Waals surface area (Å²) >= 11 is 7.46. The van der Waals surface area contributed by atoms with Crippen molar-refractivity contribution in [3.05, 3.63) is 46.7 Å². The summed E-state index contributed by atoms with van der Waals surface area (Å²) in [6.07, 6.45) is 1.73. The maximum absolute atomic E-state index is 9.02. The Morgan fingerprint density at radius 3 is 2.82 bits per heavy atom. The summed E-state index contributed by atoms with van der Waals surface area (Å²) in [5.41, 5.74) is 1.65. The molecule has 0 aliphatic carbocycles. The molecule has 0 aliphatic heterocycles. The van der Waals surface area contributed by atoms with Gasteiger partial charge in [-0.05, 0) is 42.4 Å². The topological polar surface area (TPSA) is 46.0 Å². The first-order valence-electron chi connectivity index (χ1n) is 5.06. The van der Waals surface area contributed by atoms with E-state index >= 15 is 0 Å². The maximum atomic E-state index is 9.02. The Balaban J connectivity index is 2.22. The zero-order chi connectivity index (χ0) is 12.3. The first kappa shape index (κ1) is 12.4. The highest BCUT2D eigenvalue weighted by molar-refractivity contribution is 7.99. The first-order valence-corrected chi connectivity index (χ1v) is 6.25. The number of aryl methyl sites for hydroxylation is 1. The predicted molar refractivity (Wildman–Crippen MR) is 68.3 cm³/mol. The summed E-state index contributed by atoms with van der Waals surface area (Å²) in [6, 6.07) is 7.36. The molecule has 0 amide bonds. The largest absolute Gasteiger partial charge is 0.392 e. The molecular weight excluding hydrogens is 256 g/mol. The van der Waals surface area contributed by atoms with Crippen molar-refractivity contribution in [1.82, 2.24) is 9.97 Å². The highest BCUT2D eigenvalue weighted by atomic mass is 35.5. The van der Waals surface area contributed by atoms with Crippen LogP contribution in [0.2, 0.25) is 5.02 Å². The van der Waals surface area contributed by atoms with Crippen LogP contribution in [0.25, 0.3) is 0 Å². The fourth-order valence-corrected chi connectivity index (χ4v) is 2.43. The fourth-order valence-electron chi connectivity index (χ4n) is 1.30. The second-order valence-corrected chi connectivity index (χ2v) is 4.94. The standard InChI is InChI=1S/C12H11ClN2OS/c1-8-4-5-14-12(15-8)17-10-3-2-9(7-16)11(13)6-10/h2-6,16H,7H2,1H3. The maximum Gasteiger partial charge on any atom is 0.192 e. The van der Waals surface area contributed by atoms with Gasteiger partial charge in [-0.25, -0.2) is 9.97 Å². The summed E-state index contributed by atoms with van der Waals surface area (Å²) in [6.45, 7) is 1.87. The normalized spacial score (nSPS) is 10.5. The van der Waals surface area contributed by atoms with Gasteiger partial charge in [0.2, 0.25) is 0 Å². The van der Waals surface area contributed by atoms with Gasteiger partial charge in [-0.3, -0.25) is 0 Å². The number of aliphatic hydroxyl groups is 1. The van der Waals surface area contributed by atoms with Crippen molar-refractivity contribution in [3.63, 3.8) is 0 Å².